The fourth-order valence-electron chi connectivity index (χ4n) is 2.48. The van der Waals surface area contributed by atoms with Crippen LogP contribution < -0.4 is 5.32 Å². The third kappa shape index (κ3) is 1.80. The monoisotopic (exact) mass is 230 g/mol. The van der Waals surface area contributed by atoms with Gasteiger partial charge in [0.15, 0.2) is 0 Å². The lowest BCUT2D eigenvalue weighted by Gasteiger charge is -2.12. The Balaban J connectivity index is 2.11. The van der Waals surface area contributed by atoms with Gasteiger partial charge in [-0.25, -0.2) is 0 Å². The molecular formula is C13H14N2O2. The first kappa shape index (κ1) is 10.4. The molecule has 3 rings (SSSR count). The molecule has 4 heteroatoms. The second-order valence-electron chi connectivity index (χ2n) is 4.46. The van der Waals surface area contributed by atoms with Crippen LogP contribution in [0.5, 0.6) is 0 Å². The van der Waals surface area contributed by atoms with Gasteiger partial charge in [0.25, 0.3) is 0 Å². The molecule has 0 saturated carbocycles. The summed E-state index contributed by atoms with van der Waals surface area (Å²) in [4.78, 5) is 14.1. The molecule has 4 nitrogen and oxygen atoms in total. The van der Waals surface area contributed by atoms with Gasteiger partial charge in [-0.15, -0.1) is 0 Å². The quantitative estimate of drug-likeness (QED) is 0.731. The van der Waals surface area contributed by atoms with E-state index >= 15 is 0 Å². The van der Waals surface area contributed by atoms with Crippen molar-refractivity contribution in [2.24, 2.45) is 0 Å². The number of aromatic amines is 1. The molecule has 17 heavy (non-hydrogen) atoms. The van der Waals surface area contributed by atoms with E-state index in [1.165, 1.54) is 11.3 Å². The minimum atomic E-state index is -0.785. The molecule has 1 aliphatic rings. The first-order valence-electron chi connectivity index (χ1n) is 5.79. The van der Waals surface area contributed by atoms with Crippen LogP contribution in [0.15, 0.2) is 18.2 Å². The lowest BCUT2D eigenvalue weighted by molar-refractivity contribution is -0.136. The van der Waals surface area contributed by atoms with Crippen molar-refractivity contribution in [1.29, 1.82) is 0 Å². The van der Waals surface area contributed by atoms with Crippen LogP contribution in [-0.4, -0.2) is 22.6 Å². The Labute approximate surface area is 98.6 Å². The maximum Gasteiger partial charge on any atom is 0.307 e. The third-order valence-corrected chi connectivity index (χ3v) is 3.27. The number of aromatic nitrogens is 1. The number of carboxylic acid groups (broad SMARTS) is 1. The summed E-state index contributed by atoms with van der Waals surface area (Å²) in [6.07, 6.45) is 1.10. The number of carbonyl (C=O) groups is 1. The molecule has 0 atom stereocenters. The lowest BCUT2D eigenvalue weighted by atomic mass is 10.0. The maximum absolute atomic E-state index is 10.7. The Hall–Kier alpha value is -1.81. The molecule has 88 valence electrons. The van der Waals surface area contributed by atoms with Crippen molar-refractivity contribution in [3.8, 4) is 0 Å². The van der Waals surface area contributed by atoms with Crippen molar-refractivity contribution in [1.82, 2.24) is 10.3 Å². The number of aliphatic carboxylic acids is 1. The van der Waals surface area contributed by atoms with Crippen LogP contribution >= 0.6 is 0 Å². The number of H-pyrrole nitrogens is 1. The maximum atomic E-state index is 10.7. The molecule has 0 saturated heterocycles. The van der Waals surface area contributed by atoms with Gasteiger partial charge in [-0.05, 0) is 23.3 Å². The van der Waals surface area contributed by atoms with Crippen molar-refractivity contribution in [3.05, 3.63) is 35.0 Å². The van der Waals surface area contributed by atoms with Gasteiger partial charge in [0.05, 0.1) is 6.42 Å². The van der Waals surface area contributed by atoms with E-state index in [0.717, 1.165) is 36.0 Å². The first-order chi connectivity index (χ1) is 8.24. The molecule has 1 aromatic heterocycles. The fourth-order valence-corrected chi connectivity index (χ4v) is 2.48. The van der Waals surface area contributed by atoms with Crippen LogP contribution in [0.25, 0.3) is 10.9 Å². The van der Waals surface area contributed by atoms with Crippen molar-refractivity contribution < 1.29 is 9.90 Å². The summed E-state index contributed by atoms with van der Waals surface area (Å²) in [5.74, 6) is -0.785. The minimum Gasteiger partial charge on any atom is -0.481 e. The van der Waals surface area contributed by atoms with Crippen molar-refractivity contribution >= 4 is 16.9 Å². The highest BCUT2D eigenvalue weighted by Crippen LogP contribution is 2.25. The van der Waals surface area contributed by atoms with Crippen molar-refractivity contribution in [3.63, 3.8) is 0 Å². The zero-order valence-electron chi connectivity index (χ0n) is 9.42. The molecule has 2 heterocycles. The van der Waals surface area contributed by atoms with Gasteiger partial charge in [-0.2, -0.15) is 0 Å². The van der Waals surface area contributed by atoms with Gasteiger partial charge in [-0.3, -0.25) is 4.79 Å². The summed E-state index contributed by atoms with van der Waals surface area (Å²) in [6.45, 7) is 1.87. The summed E-state index contributed by atoms with van der Waals surface area (Å²) in [5, 5.41) is 13.3. The second kappa shape index (κ2) is 3.89. The molecule has 2 aromatic rings. The molecule has 0 radical (unpaired) electrons. The number of fused-ring (bicyclic) bond motifs is 3. The van der Waals surface area contributed by atoms with Crippen LogP contribution in [0.2, 0.25) is 0 Å². The lowest BCUT2D eigenvalue weighted by Crippen LogP contribution is -2.22. The number of carboxylic acids is 1. The number of hydrogen-bond donors (Lipinski definition) is 3. The highest BCUT2D eigenvalue weighted by atomic mass is 16.4. The molecule has 1 aliphatic heterocycles. The number of rotatable bonds is 2. The van der Waals surface area contributed by atoms with Gasteiger partial charge in [-0.1, -0.05) is 6.07 Å². The normalized spacial score (nSPS) is 14.8. The van der Waals surface area contributed by atoms with E-state index in [0.29, 0.717) is 0 Å². The van der Waals surface area contributed by atoms with E-state index in [2.05, 4.69) is 10.3 Å². The van der Waals surface area contributed by atoms with E-state index in [4.69, 9.17) is 5.11 Å². The van der Waals surface area contributed by atoms with Crippen LogP contribution in [0.4, 0.5) is 0 Å². The zero-order chi connectivity index (χ0) is 11.8. The predicted molar refractivity (Wildman–Crippen MR) is 65.0 cm³/mol. The topological polar surface area (TPSA) is 65.1 Å². The largest absolute Gasteiger partial charge is 0.481 e. The van der Waals surface area contributed by atoms with E-state index in [1.807, 2.05) is 18.2 Å². The molecule has 1 aromatic carbocycles. The smallest absolute Gasteiger partial charge is 0.307 e. The Morgan fingerprint density at radius 3 is 3.12 bits per heavy atom. The first-order valence-corrected chi connectivity index (χ1v) is 5.79. The predicted octanol–water partition coefficient (Wildman–Crippen LogP) is 1.44. The highest BCUT2D eigenvalue weighted by molar-refractivity contribution is 5.86. The molecule has 0 spiro atoms. The highest BCUT2D eigenvalue weighted by Gasteiger charge is 2.15. The van der Waals surface area contributed by atoms with Crippen LogP contribution in [0.3, 0.4) is 0 Å². The fraction of sp³-hybridized carbons (Fsp3) is 0.308. The van der Waals surface area contributed by atoms with Gasteiger partial charge in [0.1, 0.15) is 0 Å². The number of hydrogen-bond acceptors (Lipinski definition) is 2. The van der Waals surface area contributed by atoms with E-state index < -0.39 is 5.97 Å². The summed E-state index contributed by atoms with van der Waals surface area (Å²) in [6, 6.07) is 5.85. The summed E-state index contributed by atoms with van der Waals surface area (Å²) < 4.78 is 0. The zero-order valence-corrected chi connectivity index (χ0v) is 9.42. The molecule has 0 fully saturated rings. The Kier molecular flexibility index (Phi) is 2.37. The molecule has 0 aliphatic carbocycles. The van der Waals surface area contributed by atoms with Crippen molar-refractivity contribution in [2.45, 2.75) is 19.4 Å². The molecule has 0 bridgehead atoms. The second-order valence-corrected chi connectivity index (χ2v) is 4.46. The van der Waals surface area contributed by atoms with E-state index in [9.17, 15) is 4.79 Å². The Bertz CT molecular complexity index is 586. The van der Waals surface area contributed by atoms with E-state index in [-0.39, 0.29) is 6.42 Å². The summed E-state index contributed by atoms with van der Waals surface area (Å²) in [7, 11) is 0. The SMILES string of the molecule is O=C(O)Cc1ccc2[nH]c3c(c2c1)CNCC3. The summed E-state index contributed by atoms with van der Waals surface area (Å²) >= 11 is 0. The van der Waals surface area contributed by atoms with E-state index in [1.54, 1.807) is 0 Å². The van der Waals surface area contributed by atoms with Crippen LogP contribution in [0.1, 0.15) is 16.8 Å². The Morgan fingerprint density at radius 2 is 2.29 bits per heavy atom. The standard InChI is InChI=1S/C13H14N2O2/c16-13(17)6-8-1-2-11-9(5-8)10-7-14-4-3-12(10)15-11/h1-2,5,14-15H,3-4,6-7H2,(H,16,17). The molecule has 3 N–H and O–H groups in total. The van der Waals surface area contributed by atoms with Gasteiger partial charge >= 0.3 is 5.97 Å². The van der Waals surface area contributed by atoms with Crippen LogP contribution in [0, 0.1) is 0 Å². The average molecular weight is 230 g/mol. The van der Waals surface area contributed by atoms with Gasteiger partial charge < -0.3 is 15.4 Å². The average Bonchev–Trinajstić information content (AvgIpc) is 2.66. The molecule has 0 unspecified atom stereocenters. The van der Waals surface area contributed by atoms with Gasteiger partial charge in [0.2, 0.25) is 0 Å². The third-order valence-electron chi connectivity index (χ3n) is 3.27. The number of nitrogens with one attached hydrogen (secondary N) is 2. The molecular weight excluding hydrogens is 216 g/mol. The Morgan fingerprint density at radius 1 is 1.41 bits per heavy atom. The molecule has 0 amide bonds. The van der Waals surface area contributed by atoms with Crippen molar-refractivity contribution in [2.75, 3.05) is 6.54 Å². The van der Waals surface area contributed by atoms with Crippen LogP contribution in [-0.2, 0) is 24.2 Å². The minimum absolute atomic E-state index is 0.0866. The number of benzene rings is 1. The van der Waals surface area contributed by atoms with Gasteiger partial charge in [0, 0.05) is 36.1 Å². The summed E-state index contributed by atoms with van der Waals surface area (Å²) in [5.41, 5.74) is 4.54.